The van der Waals surface area contributed by atoms with Crippen LogP contribution in [0.3, 0.4) is 0 Å². The summed E-state index contributed by atoms with van der Waals surface area (Å²) >= 11 is 0. The number of hydrogen-bond donors (Lipinski definition) is 2. The third-order valence-corrected chi connectivity index (χ3v) is 14.9. The van der Waals surface area contributed by atoms with E-state index in [0.29, 0.717) is 57.4 Å². The maximum atomic E-state index is 14.4. The van der Waals surface area contributed by atoms with Crippen molar-refractivity contribution in [3.05, 3.63) is 168 Å². The van der Waals surface area contributed by atoms with E-state index >= 15 is 0 Å². The summed E-state index contributed by atoms with van der Waals surface area (Å²) in [4.78, 5) is 34.1. The van der Waals surface area contributed by atoms with E-state index in [0.717, 1.165) is 11.1 Å². The monoisotopic (exact) mass is 806 g/mol. The molecule has 10 heteroatoms. The molecular weight excluding hydrogens is 758 g/mol. The summed E-state index contributed by atoms with van der Waals surface area (Å²) in [7, 11) is -8.20. The zero-order valence-electron chi connectivity index (χ0n) is 33.7. The Bertz CT molecular complexity index is 2670. The molecule has 2 aromatic heterocycles. The van der Waals surface area contributed by atoms with Crippen molar-refractivity contribution in [2.75, 3.05) is 0 Å². The van der Waals surface area contributed by atoms with Crippen molar-refractivity contribution in [3.8, 4) is 11.6 Å². The Morgan fingerprint density at radius 3 is 1.14 bits per heavy atom. The molecule has 0 aliphatic heterocycles. The molecule has 0 saturated heterocycles. The van der Waals surface area contributed by atoms with Gasteiger partial charge in [-0.05, 0) is 81.6 Å². The van der Waals surface area contributed by atoms with Gasteiger partial charge in [0.05, 0.1) is 21.6 Å². The summed E-state index contributed by atoms with van der Waals surface area (Å²) < 4.78 is 33.0. The van der Waals surface area contributed by atoms with Gasteiger partial charge in [0, 0.05) is 23.7 Å². The Kier molecular flexibility index (Phi) is 10.1. The molecule has 2 heterocycles. The van der Waals surface area contributed by atoms with E-state index in [1.807, 2.05) is 33.4 Å². The minimum Gasteiger partial charge on any atom is -0.338 e. The lowest BCUT2D eigenvalue weighted by molar-refractivity contribution is 0.499. The molecule has 0 aliphatic rings. The molecule has 0 spiro atoms. The maximum absolute atomic E-state index is 14.4. The van der Waals surface area contributed by atoms with E-state index in [9.17, 15) is 18.9 Å². The van der Waals surface area contributed by atoms with E-state index < -0.39 is 14.7 Å². The van der Waals surface area contributed by atoms with Crippen LogP contribution in [-0.2, 0) is 33.0 Å². The lowest BCUT2D eigenvalue weighted by atomic mass is 9.87. The Morgan fingerprint density at radius 2 is 0.810 bits per heavy atom. The topological polar surface area (TPSA) is 110 Å². The van der Waals surface area contributed by atoms with Crippen LogP contribution in [0.1, 0.15) is 63.8 Å². The average molecular weight is 807 g/mol. The summed E-state index contributed by atoms with van der Waals surface area (Å²) in [6, 6.07) is 45.1. The predicted molar refractivity (Wildman–Crippen MR) is 238 cm³/mol. The quantitative estimate of drug-likeness (QED) is 0.141. The standard InChI is InChI=1S/C48H48N4O4P2/c1-47(2,3)35-27-23-33(24-28-35)31-51-39-19-13-21-41(57(53,54)37-15-9-7-10-16-37)43(39)49-45(51)46-50-44-40(52(46)32-34-25-29-36(30-26-34)48(4,5)6)20-14-22-42(44)58(55,56)38-17-11-8-12-18-38/h7-30H,31-32H2,1-6H3,(H,53,54)(H,55,56). The van der Waals surface area contributed by atoms with Crippen molar-refractivity contribution in [2.24, 2.45) is 0 Å². The first kappa shape index (κ1) is 39.5. The summed E-state index contributed by atoms with van der Waals surface area (Å²) in [5.41, 5.74) is 6.51. The van der Waals surface area contributed by atoms with Crippen molar-refractivity contribution < 1.29 is 18.9 Å². The van der Waals surface area contributed by atoms with Gasteiger partial charge in [0.25, 0.3) is 14.7 Å². The molecule has 6 aromatic carbocycles. The highest BCUT2D eigenvalue weighted by molar-refractivity contribution is 7.74. The van der Waals surface area contributed by atoms with E-state index in [1.54, 1.807) is 72.8 Å². The maximum Gasteiger partial charge on any atom is 0.260 e. The van der Waals surface area contributed by atoms with Crippen LogP contribution in [0.4, 0.5) is 0 Å². The zero-order chi connectivity index (χ0) is 41.0. The van der Waals surface area contributed by atoms with Crippen LogP contribution in [0, 0.1) is 0 Å². The molecule has 2 atom stereocenters. The number of benzene rings is 6. The van der Waals surface area contributed by atoms with Gasteiger partial charge in [-0.3, -0.25) is 9.13 Å². The van der Waals surface area contributed by atoms with Gasteiger partial charge < -0.3 is 18.9 Å². The molecule has 2 unspecified atom stereocenters. The highest BCUT2D eigenvalue weighted by Gasteiger charge is 2.33. The van der Waals surface area contributed by atoms with Crippen LogP contribution in [0.25, 0.3) is 33.7 Å². The number of rotatable bonds is 9. The Hall–Kier alpha value is -5.36. The normalized spacial score (nSPS) is 14.4. The van der Waals surface area contributed by atoms with Crippen LogP contribution in [0.15, 0.2) is 146 Å². The number of hydrogen-bond acceptors (Lipinski definition) is 4. The number of para-hydroxylation sites is 2. The van der Waals surface area contributed by atoms with Crippen LogP contribution in [0.5, 0.6) is 0 Å². The molecular formula is C48H48N4O4P2. The fourth-order valence-electron chi connectivity index (χ4n) is 7.54. The first-order valence-corrected chi connectivity index (χ1v) is 22.8. The Labute approximate surface area is 339 Å². The van der Waals surface area contributed by atoms with Crippen LogP contribution in [-0.4, -0.2) is 28.9 Å². The van der Waals surface area contributed by atoms with Gasteiger partial charge in [-0.1, -0.05) is 139 Å². The molecule has 8 nitrogen and oxygen atoms in total. The average Bonchev–Trinajstić information content (AvgIpc) is 3.76. The van der Waals surface area contributed by atoms with Crippen LogP contribution >= 0.6 is 14.7 Å². The largest absolute Gasteiger partial charge is 0.338 e. The smallest absolute Gasteiger partial charge is 0.260 e. The van der Waals surface area contributed by atoms with E-state index in [4.69, 9.17) is 9.97 Å². The predicted octanol–water partition coefficient (Wildman–Crippen LogP) is 9.19. The number of imidazole rings is 2. The second-order valence-corrected chi connectivity index (χ2v) is 21.4. The Morgan fingerprint density at radius 1 is 0.466 bits per heavy atom. The van der Waals surface area contributed by atoms with Crippen molar-refractivity contribution >= 4 is 58.0 Å². The van der Waals surface area contributed by atoms with Gasteiger partial charge in [0.15, 0.2) is 11.6 Å². The molecule has 0 saturated carbocycles. The molecule has 0 bridgehead atoms. The van der Waals surface area contributed by atoms with E-state index in [2.05, 4.69) is 90.1 Å². The highest BCUT2D eigenvalue weighted by atomic mass is 31.2. The fraction of sp³-hybridized carbons (Fsp3) is 0.208. The van der Waals surface area contributed by atoms with Crippen molar-refractivity contribution in [1.29, 1.82) is 0 Å². The van der Waals surface area contributed by atoms with Gasteiger partial charge >= 0.3 is 0 Å². The third-order valence-electron chi connectivity index (χ3n) is 10.9. The fourth-order valence-corrected chi connectivity index (χ4v) is 10.7. The van der Waals surface area contributed by atoms with E-state index in [-0.39, 0.29) is 21.4 Å². The molecule has 0 aliphatic carbocycles. The molecule has 58 heavy (non-hydrogen) atoms. The zero-order valence-corrected chi connectivity index (χ0v) is 35.5. The van der Waals surface area contributed by atoms with Gasteiger partial charge in [0.2, 0.25) is 0 Å². The minimum absolute atomic E-state index is 0.0282. The summed E-state index contributed by atoms with van der Waals surface area (Å²) in [6.45, 7) is 13.9. The second-order valence-electron chi connectivity index (χ2n) is 17.0. The number of nitrogens with zero attached hydrogens (tertiary/aromatic N) is 4. The van der Waals surface area contributed by atoms with Crippen LogP contribution in [0.2, 0.25) is 0 Å². The summed E-state index contributed by atoms with van der Waals surface area (Å²) in [5.74, 6) is 0.938. The second kappa shape index (κ2) is 14.8. The SMILES string of the molecule is CC(C)(C)c1ccc(Cn2c(-c3nc4c(P(=O)(O)c5ccccc5)cccc4n3Cc3ccc(C(C)(C)C)cc3)nc3c(P(=O)(O)c4ccccc4)cccc32)cc1. The number of fused-ring (bicyclic) bond motifs is 2. The first-order chi connectivity index (χ1) is 27.5. The first-order valence-electron chi connectivity index (χ1n) is 19.5. The van der Waals surface area contributed by atoms with E-state index in [1.165, 1.54) is 11.1 Å². The molecule has 2 N–H and O–H groups in total. The van der Waals surface area contributed by atoms with Crippen molar-refractivity contribution in [2.45, 2.75) is 65.5 Å². The van der Waals surface area contributed by atoms with Crippen molar-refractivity contribution in [1.82, 2.24) is 19.1 Å². The van der Waals surface area contributed by atoms with Crippen molar-refractivity contribution in [3.63, 3.8) is 0 Å². The Balaban J connectivity index is 1.40. The summed E-state index contributed by atoms with van der Waals surface area (Å²) in [6.07, 6.45) is 0. The number of aromatic nitrogens is 4. The minimum atomic E-state index is -4.10. The van der Waals surface area contributed by atoms with Gasteiger partial charge in [0.1, 0.15) is 11.0 Å². The lowest BCUT2D eigenvalue weighted by Crippen LogP contribution is -2.16. The molecule has 0 amide bonds. The lowest BCUT2D eigenvalue weighted by Gasteiger charge is -2.20. The highest BCUT2D eigenvalue weighted by Crippen LogP contribution is 2.43. The third kappa shape index (κ3) is 7.31. The molecule has 0 radical (unpaired) electrons. The summed E-state index contributed by atoms with van der Waals surface area (Å²) in [5, 5.41) is 1.08. The van der Waals surface area contributed by atoms with Crippen LogP contribution < -0.4 is 21.2 Å². The van der Waals surface area contributed by atoms with Gasteiger partial charge in [-0.15, -0.1) is 0 Å². The molecule has 294 valence electrons. The molecule has 8 rings (SSSR count). The molecule has 0 fully saturated rings. The van der Waals surface area contributed by atoms with Gasteiger partial charge in [-0.25, -0.2) is 9.97 Å². The van der Waals surface area contributed by atoms with Gasteiger partial charge in [-0.2, -0.15) is 0 Å². The molecule has 8 aromatic rings.